The van der Waals surface area contributed by atoms with Gasteiger partial charge in [-0.15, -0.1) is 0 Å². The highest BCUT2D eigenvalue weighted by molar-refractivity contribution is 5.93. The Bertz CT molecular complexity index is 895. The van der Waals surface area contributed by atoms with Gasteiger partial charge < -0.3 is 29.0 Å². The molecule has 1 N–H and O–H groups in total. The first kappa shape index (κ1) is 19.0. The number of carbonyl (C=O) groups excluding carboxylic acids is 3. The largest absolute Gasteiger partial charge is 0.493 e. The van der Waals surface area contributed by atoms with Gasteiger partial charge in [0.05, 0.1) is 7.11 Å². The van der Waals surface area contributed by atoms with E-state index in [4.69, 9.17) is 23.7 Å². The molecule has 0 bridgehead atoms. The first-order chi connectivity index (χ1) is 13.6. The summed E-state index contributed by atoms with van der Waals surface area (Å²) in [6.07, 6.45) is 0.666. The lowest BCUT2D eigenvalue weighted by Crippen LogP contribution is -2.23. The number of nitrogens with one attached hydrogen (secondary N) is 1. The standard InChI is InChI=1S/C19H17NO8/c1-24-16-6-12(8-21)2-4-14(16)25-10-19(23)26-9-18(22)20-13-3-5-15-17(7-13)28-11-27-15/h2-8H,9-11H2,1H3,(H,20,22). The first-order valence-electron chi connectivity index (χ1n) is 8.20. The van der Waals surface area contributed by atoms with Gasteiger partial charge in [-0.1, -0.05) is 0 Å². The molecule has 28 heavy (non-hydrogen) atoms. The van der Waals surface area contributed by atoms with E-state index in [0.717, 1.165) is 0 Å². The number of hydrogen-bond acceptors (Lipinski definition) is 8. The average molecular weight is 387 g/mol. The lowest BCUT2D eigenvalue weighted by Gasteiger charge is -2.11. The zero-order valence-electron chi connectivity index (χ0n) is 14.9. The van der Waals surface area contributed by atoms with Crippen LogP contribution >= 0.6 is 0 Å². The van der Waals surface area contributed by atoms with Crippen LogP contribution in [-0.2, 0) is 14.3 Å². The van der Waals surface area contributed by atoms with Crippen LogP contribution in [0, 0.1) is 0 Å². The number of aldehydes is 1. The predicted octanol–water partition coefficient (Wildman–Crippen LogP) is 1.80. The van der Waals surface area contributed by atoms with Gasteiger partial charge in [0.25, 0.3) is 5.91 Å². The summed E-state index contributed by atoms with van der Waals surface area (Å²) in [4.78, 5) is 34.5. The van der Waals surface area contributed by atoms with Crippen LogP contribution in [0.15, 0.2) is 36.4 Å². The van der Waals surface area contributed by atoms with E-state index >= 15 is 0 Å². The fourth-order valence-corrected chi connectivity index (χ4v) is 2.37. The Labute approximate surface area is 160 Å². The summed E-state index contributed by atoms with van der Waals surface area (Å²) in [5, 5.41) is 2.59. The van der Waals surface area contributed by atoms with Gasteiger partial charge in [-0.3, -0.25) is 9.59 Å². The number of hydrogen-bond donors (Lipinski definition) is 1. The van der Waals surface area contributed by atoms with Gasteiger partial charge in [0.1, 0.15) is 6.29 Å². The molecule has 146 valence electrons. The van der Waals surface area contributed by atoms with Gasteiger partial charge in [-0.2, -0.15) is 0 Å². The molecule has 2 aromatic carbocycles. The molecule has 0 aromatic heterocycles. The SMILES string of the molecule is COc1cc(C=O)ccc1OCC(=O)OCC(=O)Nc1ccc2c(c1)OCO2. The summed E-state index contributed by atoms with van der Waals surface area (Å²) in [6, 6.07) is 9.43. The minimum atomic E-state index is -0.734. The molecule has 1 amide bonds. The van der Waals surface area contributed by atoms with E-state index in [1.54, 1.807) is 18.2 Å². The van der Waals surface area contributed by atoms with Crippen LogP contribution in [0.5, 0.6) is 23.0 Å². The molecule has 1 heterocycles. The van der Waals surface area contributed by atoms with E-state index < -0.39 is 25.1 Å². The van der Waals surface area contributed by atoms with Crippen molar-refractivity contribution in [2.75, 3.05) is 32.4 Å². The van der Waals surface area contributed by atoms with E-state index in [2.05, 4.69) is 5.32 Å². The molecule has 0 saturated heterocycles. The molecule has 2 aromatic rings. The maximum atomic E-state index is 11.9. The van der Waals surface area contributed by atoms with Crippen LogP contribution < -0.4 is 24.3 Å². The van der Waals surface area contributed by atoms with Crippen molar-refractivity contribution in [1.82, 2.24) is 0 Å². The second kappa shape index (κ2) is 8.76. The van der Waals surface area contributed by atoms with Crippen LogP contribution in [0.4, 0.5) is 5.69 Å². The molecule has 9 heteroatoms. The topological polar surface area (TPSA) is 109 Å². The van der Waals surface area contributed by atoms with Gasteiger partial charge in [0, 0.05) is 17.3 Å². The molecular formula is C19H17NO8. The highest BCUT2D eigenvalue weighted by atomic mass is 16.7. The predicted molar refractivity (Wildman–Crippen MR) is 96.0 cm³/mol. The van der Waals surface area contributed by atoms with E-state index in [-0.39, 0.29) is 12.5 Å². The smallest absolute Gasteiger partial charge is 0.344 e. The highest BCUT2D eigenvalue weighted by Crippen LogP contribution is 2.34. The van der Waals surface area contributed by atoms with Crippen molar-refractivity contribution in [3.63, 3.8) is 0 Å². The molecule has 1 aliphatic rings. The highest BCUT2D eigenvalue weighted by Gasteiger charge is 2.15. The molecule has 1 aliphatic heterocycles. The zero-order valence-corrected chi connectivity index (χ0v) is 14.9. The number of fused-ring (bicyclic) bond motifs is 1. The van der Waals surface area contributed by atoms with E-state index in [1.807, 2.05) is 0 Å². The molecule has 0 radical (unpaired) electrons. The van der Waals surface area contributed by atoms with Crippen molar-refractivity contribution in [2.24, 2.45) is 0 Å². The molecule has 0 spiro atoms. The molecule has 9 nitrogen and oxygen atoms in total. The maximum Gasteiger partial charge on any atom is 0.344 e. The number of ether oxygens (including phenoxy) is 5. The maximum absolute atomic E-state index is 11.9. The van der Waals surface area contributed by atoms with Gasteiger partial charge >= 0.3 is 5.97 Å². The van der Waals surface area contributed by atoms with E-state index in [0.29, 0.717) is 34.8 Å². The van der Waals surface area contributed by atoms with Crippen LogP contribution in [0.3, 0.4) is 0 Å². The molecule has 0 unspecified atom stereocenters. The number of esters is 1. The first-order valence-corrected chi connectivity index (χ1v) is 8.20. The van der Waals surface area contributed by atoms with Crippen molar-refractivity contribution in [3.8, 4) is 23.0 Å². The van der Waals surface area contributed by atoms with Crippen molar-refractivity contribution >= 4 is 23.9 Å². The Hall–Kier alpha value is -3.75. The third-order valence-corrected chi connectivity index (χ3v) is 3.69. The third kappa shape index (κ3) is 4.70. The van der Waals surface area contributed by atoms with Crippen molar-refractivity contribution in [2.45, 2.75) is 0 Å². The molecule has 3 rings (SSSR count). The lowest BCUT2D eigenvalue weighted by molar-refractivity contribution is -0.149. The van der Waals surface area contributed by atoms with Crippen molar-refractivity contribution in [3.05, 3.63) is 42.0 Å². The lowest BCUT2D eigenvalue weighted by atomic mass is 10.2. The fourth-order valence-electron chi connectivity index (χ4n) is 2.37. The van der Waals surface area contributed by atoms with Crippen molar-refractivity contribution < 1.29 is 38.1 Å². The number of methoxy groups -OCH3 is 1. The molecule has 0 atom stereocenters. The minimum absolute atomic E-state index is 0.132. The van der Waals surface area contributed by atoms with Crippen LogP contribution in [-0.4, -0.2) is 45.3 Å². The quantitative estimate of drug-likeness (QED) is 0.539. The van der Waals surface area contributed by atoms with Crippen LogP contribution in [0.25, 0.3) is 0 Å². The molecule has 0 aliphatic carbocycles. The Morgan fingerprint density at radius 3 is 2.68 bits per heavy atom. The van der Waals surface area contributed by atoms with Gasteiger partial charge in [-0.25, -0.2) is 4.79 Å². The Morgan fingerprint density at radius 1 is 1.07 bits per heavy atom. The third-order valence-electron chi connectivity index (χ3n) is 3.69. The molecular weight excluding hydrogens is 370 g/mol. The minimum Gasteiger partial charge on any atom is -0.493 e. The van der Waals surface area contributed by atoms with Crippen molar-refractivity contribution in [1.29, 1.82) is 0 Å². The van der Waals surface area contributed by atoms with Gasteiger partial charge in [0.15, 0.2) is 36.2 Å². The summed E-state index contributed by atoms with van der Waals surface area (Å²) in [5.41, 5.74) is 0.897. The number of rotatable bonds is 8. The number of amides is 1. The van der Waals surface area contributed by atoms with Gasteiger partial charge in [0.2, 0.25) is 6.79 Å². The number of benzene rings is 2. The Morgan fingerprint density at radius 2 is 1.89 bits per heavy atom. The van der Waals surface area contributed by atoms with Crippen LogP contribution in [0.2, 0.25) is 0 Å². The summed E-state index contributed by atoms with van der Waals surface area (Å²) in [6.45, 7) is -0.765. The van der Waals surface area contributed by atoms with Gasteiger partial charge in [-0.05, 0) is 30.3 Å². The Kier molecular flexibility index (Phi) is 5.95. The monoisotopic (exact) mass is 387 g/mol. The normalized spacial score (nSPS) is 11.5. The summed E-state index contributed by atoms with van der Waals surface area (Å²) in [7, 11) is 1.41. The molecule has 0 fully saturated rings. The number of anilines is 1. The van der Waals surface area contributed by atoms with E-state index in [9.17, 15) is 14.4 Å². The summed E-state index contributed by atoms with van der Waals surface area (Å²) >= 11 is 0. The molecule has 0 saturated carbocycles. The Balaban J connectivity index is 1.45. The summed E-state index contributed by atoms with van der Waals surface area (Å²) in [5.74, 6) is 0.450. The average Bonchev–Trinajstić information content (AvgIpc) is 3.18. The zero-order chi connectivity index (χ0) is 19.9. The number of carbonyl (C=O) groups is 3. The van der Waals surface area contributed by atoms with E-state index in [1.165, 1.54) is 25.3 Å². The summed E-state index contributed by atoms with van der Waals surface area (Å²) < 4.78 is 25.7. The van der Waals surface area contributed by atoms with Crippen LogP contribution in [0.1, 0.15) is 10.4 Å². The fraction of sp³-hybridized carbons (Fsp3) is 0.211. The second-order valence-corrected chi connectivity index (χ2v) is 5.59. The second-order valence-electron chi connectivity index (χ2n) is 5.59.